The Morgan fingerprint density at radius 1 is 1.15 bits per heavy atom. The van der Waals surface area contributed by atoms with Crippen LogP contribution in [-0.4, -0.2) is 63.6 Å². The number of hydrogen-bond acceptors (Lipinski definition) is 6. The van der Waals surface area contributed by atoms with Crippen LogP contribution in [-0.2, 0) is 11.2 Å². The first kappa shape index (κ1) is 16.2. The highest BCUT2D eigenvalue weighted by Crippen LogP contribution is 2.25. The molecule has 0 fully saturated rings. The summed E-state index contributed by atoms with van der Waals surface area (Å²) in [5.74, 6) is -0.902. The van der Waals surface area contributed by atoms with Gasteiger partial charge in [0.05, 0.1) is 19.3 Å². The van der Waals surface area contributed by atoms with Crippen LogP contribution in [0.3, 0.4) is 0 Å². The number of amides is 1. The zero-order chi connectivity index (χ0) is 15.1. The van der Waals surface area contributed by atoms with Crippen LogP contribution in [0, 0.1) is 0 Å². The number of carbonyl (C=O) groups excluding carboxylic acids is 1. The van der Waals surface area contributed by atoms with Gasteiger partial charge < -0.3 is 31.1 Å². The standard InChI is InChI=1S/C13H20N2O5/c14-10(13(20)15(3-5-16)4-6-17)7-9-1-2-11(18)12(19)8-9/h1-2,8,10,16-19H,3-7,14H2/t10-/m0/s1. The second-order valence-electron chi connectivity index (χ2n) is 4.41. The molecule has 0 saturated heterocycles. The van der Waals surface area contributed by atoms with Crippen molar-refractivity contribution >= 4 is 5.91 Å². The maximum Gasteiger partial charge on any atom is 0.239 e. The lowest BCUT2D eigenvalue weighted by Crippen LogP contribution is -2.47. The van der Waals surface area contributed by atoms with Gasteiger partial charge in [0.1, 0.15) is 0 Å². The smallest absolute Gasteiger partial charge is 0.239 e. The molecule has 1 aromatic rings. The molecule has 0 aliphatic carbocycles. The van der Waals surface area contributed by atoms with Crippen molar-refractivity contribution in [2.24, 2.45) is 5.73 Å². The first-order valence-corrected chi connectivity index (χ1v) is 6.26. The molecule has 0 spiro atoms. The van der Waals surface area contributed by atoms with E-state index in [9.17, 15) is 15.0 Å². The summed E-state index contributed by atoms with van der Waals surface area (Å²) >= 11 is 0. The number of aliphatic hydroxyl groups excluding tert-OH is 2. The third-order valence-electron chi connectivity index (χ3n) is 2.86. The molecule has 0 heterocycles. The Balaban J connectivity index is 2.70. The van der Waals surface area contributed by atoms with Gasteiger partial charge in [0, 0.05) is 13.1 Å². The molecule has 6 N–H and O–H groups in total. The fraction of sp³-hybridized carbons (Fsp3) is 0.462. The van der Waals surface area contributed by atoms with Gasteiger partial charge in [-0.3, -0.25) is 4.79 Å². The van der Waals surface area contributed by atoms with Gasteiger partial charge in [0.2, 0.25) is 5.91 Å². The van der Waals surface area contributed by atoms with Crippen molar-refractivity contribution in [3.8, 4) is 11.5 Å². The van der Waals surface area contributed by atoms with E-state index in [4.69, 9.17) is 15.9 Å². The number of phenolic OH excluding ortho intramolecular Hbond substituents is 2. The molecule has 7 nitrogen and oxygen atoms in total. The molecule has 1 rings (SSSR count). The number of nitrogens with two attached hydrogens (primary N) is 1. The molecule has 0 saturated carbocycles. The summed E-state index contributed by atoms with van der Waals surface area (Å²) in [7, 11) is 0. The van der Waals surface area contributed by atoms with Gasteiger partial charge in [0.15, 0.2) is 11.5 Å². The highest BCUT2D eigenvalue weighted by Gasteiger charge is 2.20. The van der Waals surface area contributed by atoms with E-state index in [1.165, 1.54) is 17.0 Å². The number of aromatic hydroxyl groups is 2. The highest BCUT2D eigenvalue weighted by atomic mass is 16.3. The predicted octanol–water partition coefficient (Wildman–Crippen LogP) is -1.22. The lowest BCUT2D eigenvalue weighted by Gasteiger charge is -2.24. The molecule has 0 bridgehead atoms. The number of phenols is 2. The van der Waals surface area contributed by atoms with Crippen LogP contribution < -0.4 is 5.73 Å². The summed E-state index contributed by atoms with van der Waals surface area (Å²) in [6.45, 7) is -0.210. The second-order valence-corrected chi connectivity index (χ2v) is 4.41. The molecule has 20 heavy (non-hydrogen) atoms. The van der Waals surface area contributed by atoms with Gasteiger partial charge in [-0.25, -0.2) is 0 Å². The molecule has 1 aromatic carbocycles. The van der Waals surface area contributed by atoms with Gasteiger partial charge in [-0.05, 0) is 24.1 Å². The molecule has 0 aliphatic heterocycles. The summed E-state index contributed by atoms with van der Waals surface area (Å²) in [4.78, 5) is 13.3. The zero-order valence-corrected chi connectivity index (χ0v) is 11.1. The van der Waals surface area contributed by atoms with Crippen molar-refractivity contribution < 1.29 is 25.2 Å². The minimum absolute atomic E-state index is 0.105. The quantitative estimate of drug-likeness (QED) is 0.399. The molecule has 0 aliphatic rings. The van der Waals surface area contributed by atoms with Gasteiger partial charge in [-0.15, -0.1) is 0 Å². The number of hydrogen-bond donors (Lipinski definition) is 5. The molecule has 0 aromatic heterocycles. The maximum absolute atomic E-state index is 12.0. The molecule has 1 atom stereocenters. The lowest BCUT2D eigenvalue weighted by atomic mass is 10.0. The highest BCUT2D eigenvalue weighted by molar-refractivity contribution is 5.82. The third-order valence-corrected chi connectivity index (χ3v) is 2.86. The molecule has 0 unspecified atom stereocenters. The Bertz CT molecular complexity index is 446. The van der Waals surface area contributed by atoms with Crippen LogP contribution in [0.25, 0.3) is 0 Å². The number of nitrogens with zero attached hydrogens (tertiary/aromatic N) is 1. The van der Waals surface area contributed by atoms with Crippen LogP contribution in [0.4, 0.5) is 0 Å². The largest absolute Gasteiger partial charge is 0.504 e. The van der Waals surface area contributed by atoms with Crippen LogP contribution >= 0.6 is 0 Å². The first-order chi connectivity index (χ1) is 9.49. The van der Waals surface area contributed by atoms with E-state index in [1.54, 1.807) is 6.07 Å². The van der Waals surface area contributed by atoms with E-state index in [0.717, 1.165) is 0 Å². The second kappa shape index (κ2) is 7.68. The van der Waals surface area contributed by atoms with Gasteiger partial charge in [-0.2, -0.15) is 0 Å². The third kappa shape index (κ3) is 4.37. The summed E-state index contributed by atoms with van der Waals surface area (Å²) in [6.07, 6.45) is 0.181. The number of benzene rings is 1. The molecule has 0 radical (unpaired) electrons. The van der Waals surface area contributed by atoms with Crippen LogP contribution in [0.2, 0.25) is 0 Å². The summed E-state index contributed by atoms with van der Waals surface area (Å²) in [5, 5.41) is 36.3. The van der Waals surface area contributed by atoms with E-state index >= 15 is 0 Å². The Morgan fingerprint density at radius 3 is 2.25 bits per heavy atom. The fourth-order valence-corrected chi connectivity index (χ4v) is 1.85. The lowest BCUT2D eigenvalue weighted by molar-refractivity contribution is -0.133. The monoisotopic (exact) mass is 284 g/mol. The Labute approximate surface area is 116 Å². The SMILES string of the molecule is N[C@@H](Cc1ccc(O)c(O)c1)C(=O)N(CCO)CCO. The van der Waals surface area contributed by atoms with E-state index in [1.807, 2.05) is 0 Å². The zero-order valence-electron chi connectivity index (χ0n) is 11.1. The Kier molecular flexibility index (Phi) is 6.23. The van der Waals surface area contributed by atoms with Crippen LogP contribution in [0.5, 0.6) is 11.5 Å². The minimum Gasteiger partial charge on any atom is -0.504 e. The fourth-order valence-electron chi connectivity index (χ4n) is 1.85. The summed E-state index contributed by atoms with van der Waals surface area (Å²) < 4.78 is 0. The maximum atomic E-state index is 12.0. The minimum atomic E-state index is -0.850. The van der Waals surface area contributed by atoms with Crippen molar-refractivity contribution in [2.45, 2.75) is 12.5 Å². The molecule has 112 valence electrons. The van der Waals surface area contributed by atoms with Gasteiger partial charge in [-0.1, -0.05) is 6.07 Å². The van der Waals surface area contributed by atoms with E-state index in [2.05, 4.69) is 0 Å². The van der Waals surface area contributed by atoms with Crippen molar-refractivity contribution in [2.75, 3.05) is 26.3 Å². The topological polar surface area (TPSA) is 127 Å². The van der Waals surface area contributed by atoms with Gasteiger partial charge in [0.25, 0.3) is 0 Å². The van der Waals surface area contributed by atoms with Crippen molar-refractivity contribution in [1.29, 1.82) is 0 Å². The van der Waals surface area contributed by atoms with E-state index in [-0.39, 0.29) is 50.1 Å². The average Bonchev–Trinajstić information content (AvgIpc) is 2.42. The van der Waals surface area contributed by atoms with Gasteiger partial charge >= 0.3 is 0 Å². The van der Waals surface area contributed by atoms with Crippen molar-refractivity contribution in [3.05, 3.63) is 23.8 Å². The van der Waals surface area contributed by atoms with Crippen LogP contribution in [0.1, 0.15) is 5.56 Å². The molecular formula is C13H20N2O5. The molecular weight excluding hydrogens is 264 g/mol. The van der Waals surface area contributed by atoms with Crippen LogP contribution in [0.15, 0.2) is 18.2 Å². The summed E-state index contributed by atoms with van der Waals surface area (Å²) in [6, 6.07) is 3.37. The van der Waals surface area contributed by atoms with Crippen molar-refractivity contribution in [1.82, 2.24) is 4.90 Å². The first-order valence-electron chi connectivity index (χ1n) is 6.26. The normalized spacial score (nSPS) is 12.2. The predicted molar refractivity (Wildman–Crippen MR) is 72.2 cm³/mol. The van der Waals surface area contributed by atoms with E-state index in [0.29, 0.717) is 5.56 Å². The molecule has 1 amide bonds. The Morgan fingerprint density at radius 2 is 1.75 bits per heavy atom. The number of carbonyl (C=O) groups is 1. The number of aliphatic hydroxyl groups is 2. The Hall–Kier alpha value is -1.83. The summed E-state index contributed by atoms with van der Waals surface area (Å²) in [5.41, 5.74) is 6.41. The number of rotatable bonds is 7. The average molecular weight is 284 g/mol. The van der Waals surface area contributed by atoms with Crippen molar-refractivity contribution in [3.63, 3.8) is 0 Å². The molecule has 7 heteroatoms. The van der Waals surface area contributed by atoms with E-state index < -0.39 is 6.04 Å².